The maximum absolute atomic E-state index is 13.2. The van der Waals surface area contributed by atoms with Crippen LogP contribution in [0.4, 0.5) is 5.69 Å². The van der Waals surface area contributed by atoms with E-state index >= 15 is 0 Å². The zero-order valence-corrected chi connectivity index (χ0v) is 20.3. The molecule has 2 aromatic heterocycles. The van der Waals surface area contributed by atoms with Gasteiger partial charge in [-0.15, -0.1) is 0 Å². The summed E-state index contributed by atoms with van der Waals surface area (Å²) in [6.45, 7) is 6.14. The first-order valence-electron chi connectivity index (χ1n) is 10.8. The van der Waals surface area contributed by atoms with Crippen LogP contribution in [0.1, 0.15) is 37.9 Å². The fourth-order valence-corrected chi connectivity index (χ4v) is 5.87. The molecule has 3 heterocycles. The Hall–Kier alpha value is -3.44. The van der Waals surface area contributed by atoms with Gasteiger partial charge >= 0.3 is 0 Å². The maximum atomic E-state index is 13.2. The number of furan rings is 1. The number of sulfonamides is 1. The number of aromatic nitrogens is 2. The van der Waals surface area contributed by atoms with Gasteiger partial charge in [0.15, 0.2) is 5.76 Å². The van der Waals surface area contributed by atoms with E-state index in [1.165, 1.54) is 10.6 Å². The minimum absolute atomic E-state index is 0.174. The number of aryl methyl sites for hydroxylation is 3. The van der Waals surface area contributed by atoms with Crippen LogP contribution < -0.4 is 5.32 Å². The first-order valence-corrected chi connectivity index (χ1v) is 12.3. The number of nitrogens with zero attached hydrogens (tertiary/aromatic N) is 4. The van der Waals surface area contributed by atoms with Gasteiger partial charge < -0.3 is 14.6 Å². The minimum atomic E-state index is -3.71. The van der Waals surface area contributed by atoms with Crippen molar-refractivity contribution >= 4 is 27.5 Å². The van der Waals surface area contributed by atoms with E-state index in [1.54, 1.807) is 60.8 Å². The van der Waals surface area contributed by atoms with Crippen LogP contribution in [0.3, 0.4) is 0 Å². The molecule has 1 N–H and O–H groups in total. The molecule has 2 amide bonds. The molecule has 0 saturated carbocycles. The second-order valence-corrected chi connectivity index (χ2v) is 10.2. The molecule has 4 rings (SSSR count). The molecule has 180 valence electrons. The lowest BCUT2D eigenvalue weighted by Crippen LogP contribution is -2.50. The summed E-state index contributed by atoms with van der Waals surface area (Å²) >= 11 is 0. The van der Waals surface area contributed by atoms with E-state index < -0.39 is 15.9 Å². The van der Waals surface area contributed by atoms with Crippen LogP contribution >= 0.6 is 0 Å². The summed E-state index contributed by atoms with van der Waals surface area (Å²) in [5.74, 6) is -0.454. The average molecular weight is 486 g/mol. The molecule has 34 heavy (non-hydrogen) atoms. The Morgan fingerprint density at radius 1 is 1.06 bits per heavy atom. The number of piperazine rings is 1. The molecule has 10 nitrogen and oxygen atoms in total. The van der Waals surface area contributed by atoms with Gasteiger partial charge in [0.2, 0.25) is 10.0 Å². The molecule has 1 aliphatic heterocycles. The smallest absolute Gasteiger partial charge is 0.291 e. The Morgan fingerprint density at radius 3 is 2.35 bits per heavy atom. The molecule has 3 aromatic rings. The Bertz CT molecular complexity index is 1340. The van der Waals surface area contributed by atoms with Gasteiger partial charge in [-0.25, -0.2) is 8.42 Å². The lowest BCUT2D eigenvalue weighted by molar-refractivity contribution is 0.0697. The third kappa shape index (κ3) is 4.36. The molecule has 0 spiro atoms. The van der Waals surface area contributed by atoms with Gasteiger partial charge in [-0.2, -0.15) is 9.40 Å². The predicted molar refractivity (Wildman–Crippen MR) is 125 cm³/mol. The van der Waals surface area contributed by atoms with Crippen molar-refractivity contribution in [3.63, 3.8) is 0 Å². The summed E-state index contributed by atoms with van der Waals surface area (Å²) < 4.78 is 34.5. The zero-order valence-electron chi connectivity index (χ0n) is 19.5. The van der Waals surface area contributed by atoms with Crippen molar-refractivity contribution in [2.45, 2.75) is 25.7 Å². The van der Waals surface area contributed by atoms with Crippen LogP contribution in [0.5, 0.6) is 0 Å². The third-order valence-electron chi connectivity index (χ3n) is 6.04. The van der Waals surface area contributed by atoms with E-state index in [4.69, 9.17) is 4.42 Å². The summed E-state index contributed by atoms with van der Waals surface area (Å²) in [4.78, 5) is 27.3. The van der Waals surface area contributed by atoms with Crippen LogP contribution in [0.2, 0.25) is 0 Å². The average Bonchev–Trinajstić information content (AvgIpc) is 3.43. The van der Waals surface area contributed by atoms with Crippen molar-refractivity contribution in [2.24, 2.45) is 7.05 Å². The first-order chi connectivity index (χ1) is 16.1. The van der Waals surface area contributed by atoms with Crippen LogP contribution in [-0.4, -0.2) is 65.4 Å². The number of carbonyl (C=O) groups excluding carboxylic acids is 2. The summed E-state index contributed by atoms with van der Waals surface area (Å²) in [5.41, 5.74) is 2.77. The van der Waals surface area contributed by atoms with Crippen LogP contribution in [0, 0.1) is 20.8 Å². The highest BCUT2D eigenvalue weighted by Gasteiger charge is 2.34. The lowest BCUT2D eigenvalue weighted by Gasteiger charge is -2.34. The lowest BCUT2D eigenvalue weighted by atomic mass is 10.1. The monoisotopic (exact) mass is 485 g/mol. The van der Waals surface area contributed by atoms with E-state index in [-0.39, 0.29) is 42.7 Å². The number of carbonyl (C=O) groups is 2. The highest BCUT2D eigenvalue weighted by atomic mass is 32.2. The van der Waals surface area contributed by atoms with E-state index in [0.29, 0.717) is 22.6 Å². The van der Waals surface area contributed by atoms with Gasteiger partial charge in [0.05, 0.1) is 17.7 Å². The molecule has 0 bridgehead atoms. The van der Waals surface area contributed by atoms with E-state index in [0.717, 1.165) is 5.56 Å². The second kappa shape index (κ2) is 9.07. The highest BCUT2D eigenvalue weighted by Crippen LogP contribution is 2.25. The van der Waals surface area contributed by atoms with Crippen molar-refractivity contribution in [3.05, 3.63) is 64.9 Å². The Morgan fingerprint density at radius 2 is 1.76 bits per heavy atom. The summed E-state index contributed by atoms with van der Waals surface area (Å²) in [7, 11) is -1.99. The number of benzene rings is 1. The normalized spacial score (nSPS) is 14.9. The topological polar surface area (TPSA) is 118 Å². The second-order valence-electron chi connectivity index (χ2n) is 8.28. The summed E-state index contributed by atoms with van der Waals surface area (Å²) in [5, 5.41) is 6.99. The molecular weight excluding hydrogens is 458 g/mol. The van der Waals surface area contributed by atoms with Crippen LogP contribution in [-0.2, 0) is 17.1 Å². The summed E-state index contributed by atoms with van der Waals surface area (Å²) in [6.07, 6.45) is 1.42. The minimum Gasteiger partial charge on any atom is -0.459 e. The van der Waals surface area contributed by atoms with Crippen LogP contribution in [0.15, 0.2) is 45.9 Å². The molecule has 11 heteroatoms. The Kier molecular flexibility index (Phi) is 6.32. The van der Waals surface area contributed by atoms with E-state index in [2.05, 4.69) is 10.4 Å². The van der Waals surface area contributed by atoms with Crippen molar-refractivity contribution in [1.82, 2.24) is 19.0 Å². The molecule has 0 atom stereocenters. The standard InChI is InChI=1S/C23H27N5O5S/c1-15-7-8-18(14-19(15)24-22(29)20-6-5-13-33-20)23(30)27-9-11-28(12-10-27)34(31,32)21-16(2)25-26(4)17(21)3/h5-8,13-14H,9-12H2,1-4H3,(H,24,29). The van der Waals surface area contributed by atoms with E-state index in [9.17, 15) is 18.0 Å². The largest absolute Gasteiger partial charge is 0.459 e. The number of hydrogen-bond acceptors (Lipinski definition) is 6. The SMILES string of the molecule is Cc1ccc(C(=O)N2CCN(S(=O)(=O)c3c(C)nn(C)c3C)CC2)cc1NC(=O)c1ccco1. The van der Waals surface area contributed by atoms with Gasteiger partial charge in [0.25, 0.3) is 11.8 Å². The molecule has 0 radical (unpaired) electrons. The maximum Gasteiger partial charge on any atom is 0.291 e. The fourth-order valence-electron chi connectivity index (χ4n) is 4.05. The zero-order chi connectivity index (χ0) is 24.6. The predicted octanol–water partition coefficient (Wildman–Crippen LogP) is 2.34. The van der Waals surface area contributed by atoms with Gasteiger partial charge in [-0.05, 0) is 50.6 Å². The Balaban J connectivity index is 1.46. The van der Waals surface area contributed by atoms with Gasteiger partial charge in [0, 0.05) is 44.5 Å². The number of amides is 2. The van der Waals surface area contributed by atoms with E-state index in [1.807, 2.05) is 6.92 Å². The molecule has 0 aliphatic carbocycles. The van der Waals surface area contributed by atoms with Gasteiger partial charge in [0.1, 0.15) is 4.90 Å². The Labute approximate surface area is 198 Å². The molecule has 1 aromatic carbocycles. The van der Waals surface area contributed by atoms with Gasteiger partial charge in [-0.1, -0.05) is 6.07 Å². The number of anilines is 1. The third-order valence-corrected chi connectivity index (χ3v) is 8.20. The molecule has 0 unspecified atom stereocenters. The number of hydrogen-bond donors (Lipinski definition) is 1. The number of rotatable bonds is 5. The fraction of sp³-hybridized carbons (Fsp3) is 0.348. The summed E-state index contributed by atoms with van der Waals surface area (Å²) in [6, 6.07) is 8.27. The number of nitrogens with one attached hydrogen (secondary N) is 1. The molecule has 1 aliphatic rings. The van der Waals surface area contributed by atoms with Gasteiger partial charge in [-0.3, -0.25) is 14.3 Å². The van der Waals surface area contributed by atoms with Crippen molar-refractivity contribution < 1.29 is 22.4 Å². The van der Waals surface area contributed by atoms with Crippen LogP contribution in [0.25, 0.3) is 0 Å². The van der Waals surface area contributed by atoms with Crippen molar-refractivity contribution in [1.29, 1.82) is 0 Å². The van der Waals surface area contributed by atoms with Crippen molar-refractivity contribution in [3.8, 4) is 0 Å². The first kappa shape index (κ1) is 23.7. The quantitative estimate of drug-likeness (QED) is 0.593. The molecular formula is C23H27N5O5S. The molecule has 1 fully saturated rings. The molecule has 1 saturated heterocycles. The van der Waals surface area contributed by atoms with Crippen molar-refractivity contribution in [2.75, 3.05) is 31.5 Å². The highest BCUT2D eigenvalue weighted by molar-refractivity contribution is 7.89.